The number of Topliss-reactive ketones (excluding diaryl/α,β-unsaturated/α-hetero) is 3. The molecule has 1 heterocycles. The van der Waals surface area contributed by atoms with Gasteiger partial charge in [-0.3, -0.25) is 24.0 Å². The summed E-state index contributed by atoms with van der Waals surface area (Å²) < 4.78 is 25.7. The Labute approximate surface area is 271 Å². The Kier molecular flexibility index (Phi) is 10.9. The molecular weight excluding hydrogens is 592 g/mol. The Morgan fingerprint density at radius 2 is 1.51 bits per heavy atom. The molecule has 9 nitrogen and oxygen atoms in total. The summed E-state index contributed by atoms with van der Waals surface area (Å²) in [6, 6.07) is -0.723. The van der Waals surface area contributed by atoms with Crippen molar-refractivity contribution < 1.29 is 32.4 Å². The first-order valence-electron chi connectivity index (χ1n) is 16.9. The van der Waals surface area contributed by atoms with Crippen LogP contribution in [-0.4, -0.2) is 65.6 Å². The van der Waals surface area contributed by atoms with Gasteiger partial charge in [0.25, 0.3) is 5.91 Å². The van der Waals surface area contributed by atoms with Crippen LogP contribution in [0.3, 0.4) is 0 Å². The number of hydrogen-bond acceptors (Lipinski definition) is 7. The third kappa shape index (κ3) is 8.07. The van der Waals surface area contributed by atoms with E-state index in [1.54, 1.807) is 25.7 Å². The lowest BCUT2D eigenvalue weighted by Crippen LogP contribution is -2.51. The summed E-state index contributed by atoms with van der Waals surface area (Å²) >= 11 is 0. The van der Waals surface area contributed by atoms with Gasteiger partial charge in [-0.15, -0.1) is 0 Å². The van der Waals surface area contributed by atoms with Crippen molar-refractivity contribution in [2.75, 3.05) is 12.3 Å². The molecule has 2 unspecified atom stereocenters. The van der Waals surface area contributed by atoms with Gasteiger partial charge in [-0.1, -0.05) is 67.2 Å². The van der Waals surface area contributed by atoms with Gasteiger partial charge in [0.05, 0.1) is 16.5 Å². The van der Waals surface area contributed by atoms with Gasteiger partial charge in [0.2, 0.25) is 11.7 Å². The molecule has 0 aromatic carbocycles. The molecule has 2 amide bonds. The van der Waals surface area contributed by atoms with Gasteiger partial charge in [-0.2, -0.15) is 0 Å². The van der Waals surface area contributed by atoms with E-state index in [0.29, 0.717) is 32.2 Å². The van der Waals surface area contributed by atoms with Gasteiger partial charge in [0.1, 0.15) is 5.78 Å². The first-order chi connectivity index (χ1) is 20.5. The average molecular weight is 651 g/mol. The topological polar surface area (TPSA) is 149 Å². The van der Waals surface area contributed by atoms with Crippen molar-refractivity contribution in [3.63, 3.8) is 0 Å². The standard InChI is InChI=1S/C35H58N2O7S/c1-10-14-22(29(40)30(36)41)17-26(39)28-27-25(34(27,8)9)20-37(28)31(42)24(32(2,3)4)18-23(38)19-35(15-12-11-13-16-35)21-45(43,44)33(5,6)7/h22,24-25,27-28H,10-21H2,1-9H3,(H2,36,41)/t22?,24-,25?,27+,28-/m1/s1. The van der Waals surface area contributed by atoms with Gasteiger partial charge < -0.3 is 10.6 Å². The van der Waals surface area contributed by atoms with Crippen LogP contribution in [0.1, 0.15) is 127 Å². The van der Waals surface area contributed by atoms with E-state index in [2.05, 4.69) is 13.8 Å². The second kappa shape index (κ2) is 13.2. The number of nitrogens with zero attached hydrogens (tertiary/aromatic N) is 1. The molecule has 3 aliphatic rings. The van der Waals surface area contributed by atoms with Crippen molar-refractivity contribution in [2.24, 2.45) is 45.7 Å². The number of rotatable bonds is 14. The van der Waals surface area contributed by atoms with Crippen LogP contribution in [0.2, 0.25) is 0 Å². The van der Waals surface area contributed by atoms with Crippen molar-refractivity contribution >= 4 is 39.0 Å². The minimum atomic E-state index is -3.46. The molecule has 2 saturated carbocycles. The van der Waals surface area contributed by atoms with Gasteiger partial charge in [-0.25, -0.2) is 8.42 Å². The molecule has 3 fully saturated rings. The Morgan fingerprint density at radius 1 is 0.933 bits per heavy atom. The first-order valence-corrected chi connectivity index (χ1v) is 18.5. The van der Waals surface area contributed by atoms with Crippen molar-refractivity contribution in [2.45, 2.75) is 137 Å². The van der Waals surface area contributed by atoms with Crippen molar-refractivity contribution in [3.05, 3.63) is 0 Å². The minimum Gasteiger partial charge on any atom is -0.363 e. The fourth-order valence-electron chi connectivity index (χ4n) is 8.10. The number of ketones is 3. The fraction of sp³-hybridized carbons (Fsp3) is 0.857. The molecule has 2 aliphatic carbocycles. The predicted molar refractivity (Wildman–Crippen MR) is 175 cm³/mol. The molecule has 1 saturated heterocycles. The van der Waals surface area contributed by atoms with Crippen LogP contribution in [-0.2, 0) is 33.8 Å². The lowest BCUT2D eigenvalue weighted by atomic mass is 9.70. The molecule has 2 N–H and O–H groups in total. The maximum Gasteiger partial charge on any atom is 0.285 e. The fourth-order valence-corrected chi connectivity index (χ4v) is 9.73. The van der Waals surface area contributed by atoms with E-state index in [1.807, 2.05) is 27.7 Å². The number of hydrogen-bond donors (Lipinski definition) is 1. The van der Waals surface area contributed by atoms with Crippen LogP contribution >= 0.6 is 0 Å². The number of carbonyl (C=O) groups excluding carboxylic acids is 5. The van der Waals surface area contributed by atoms with Gasteiger partial charge in [0.15, 0.2) is 15.6 Å². The minimum absolute atomic E-state index is 0.0194. The molecule has 0 radical (unpaired) electrons. The van der Waals surface area contributed by atoms with Crippen molar-refractivity contribution in [3.8, 4) is 0 Å². The zero-order valence-electron chi connectivity index (χ0n) is 29.2. The van der Waals surface area contributed by atoms with Gasteiger partial charge >= 0.3 is 0 Å². The summed E-state index contributed by atoms with van der Waals surface area (Å²) in [5.74, 6) is -3.86. The lowest BCUT2D eigenvalue weighted by Gasteiger charge is -2.40. The number of sulfone groups is 1. The zero-order chi connectivity index (χ0) is 34.3. The number of likely N-dealkylation sites (tertiary alicyclic amines) is 1. The quantitative estimate of drug-likeness (QED) is 0.258. The normalized spacial score (nSPS) is 25.6. The number of nitrogens with two attached hydrogens (primary N) is 1. The van der Waals surface area contributed by atoms with Gasteiger partial charge in [0, 0.05) is 37.6 Å². The largest absolute Gasteiger partial charge is 0.363 e. The van der Waals surface area contributed by atoms with Gasteiger partial charge in [-0.05, 0) is 68.1 Å². The van der Waals surface area contributed by atoms with Crippen LogP contribution in [0, 0.1) is 39.9 Å². The van der Waals surface area contributed by atoms with E-state index < -0.39 is 55.0 Å². The smallest absolute Gasteiger partial charge is 0.285 e. The summed E-state index contributed by atoms with van der Waals surface area (Å²) in [7, 11) is -3.46. The van der Waals surface area contributed by atoms with Crippen LogP contribution < -0.4 is 5.73 Å². The highest BCUT2D eigenvalue weighted by Crippen LogP contribution is 2.65. The summed E-state index contributed by atoms with van der Waals surface area (Å²) in [6.45, 7) is 17.3. The number of piperidine rings is 1. The maximum absolute atomic E-state index is 14.4. The van der Waals surface area contributed by atoms with Crippen molar-refractivity contribution in [1.82, 2.24) is 4.90 Å². The Bertz CT molecular complexity index is 1280. The molecule has 0 aromatic rings. The first kappa shape index (κ1) is 37.4. The van der Waals surface area contributed by atoms with E-state index in [9.17, 15) is 32.4 Å². The summed E-state index contributed by atoms with van der Waals surface area (Å²) in [5.41, 5.74) is 3.93. The molecule has 0 spiro atoms. The SMILES string of the molecule is CCCC(CC(=O)[C@@H]1[C@@H]2C(CN1C(=O)[C@@H](CC(=O)CC1(CS(=O)(=O)C(C)(C)C)CCCCC1)C(C)(C)C)C2(C)C)C(=O)C(N)=O. The Morgan fingerprint density at radius 3 is 2.00 bits per heavy atom. The molecule has 10 heteroatoms. The highest BCUT2D eigenvalue weighted by atomic mass is 32.2. The second-order valence-corrected chi connectivity index (χ2v) is 19.8. The van der Waals surface area contributed by atoms with E-state index in [1.165, 1.54) is 0 Å². The Balaban J connectivity index is 1.86. The Hall–Kier alpha value is -2.10. The zero-order valence-corrected chi connectivity index (χ0v) is 30.0. The molecule has 256 valence electrons. The summed E-state index contributed by atoms with van der Waals surface area (Å²) in [4.78, 5) is 68.0. The third-order valence-electron chi connectivity index (χ3n) is 11.2. The lowest BCUT2D eigenvalue weighted by molar-refractivity contribution is -0.148. The van der Waals surface area contributed by atoms with Crippen molar-refractivity contribution in [1.29, 1.82) is 0 Å². The van der Waals surface area contributed by atoms with Crippen LogP contribution in [0.5, 0.6) is 0 Å². The summed E-state index contributed by atoms with van der Waals surface area (Å²) in [6.07, 6.45) is 5.04. The van der Waals surface area contributed by atoms with E-state index >= 15 is 0 Å². The van der Waals surface area contributed by atoms with E-state index in [-0.39, 0.29) is 59.7 Å². The molecule has 3 rings (SSSR count). The molecular formula is C35H58N2O7S. The highest BCUT2D eigenvalue weighted by molar-refractivity contribution is 7.92. The van der Waals surface area contributed by atoms with Crippen LogP contribution in [0.4, 0.5) is 0 Å². The second-order valence-electron chi connectivity index (χ2n) is 17.0. The number of primary amides is 1. The number of amides is 2. The van der Waals surface area contributed by atoms with Crippen LogP contribution in [0.15, 0.2) is 0 Å². The number of fused-ring (bicyclic) bond motifs is 1. The maximum atomic E-state index is 14.4. The van der Waals surface area contributed by atoms with E-state index in [0.717, 1.165) is 19.3 Å². The number of carbonyl (C=O) groups is 5. The predicted octanol–water partition coefficient (Wildman–Crippen LogP) is 5.07. The molecule has 0 bridgehead atoms. The molecule has 5 atom stereocenters. The molecule has 0 aromatic heterocycles. The average Bonchev–Trinajstić information content (AvgIpc) is 3.21. The monoisotopic (exact) mass is 650 g/mol. The molecule has 1 aliphatic heterocycles. The highest BCUT2D eigenvalue weighted by Gasteiger charge is 2.69. The molecule has 45 heavy (non-hydrogen) atoms. The van der Waals surface area contributed by atoms with Crippen LogP contribution in [0.25, 0.3) is 0 Å². The third-order valence-corrected chi connectivity index (χ3v) is 14.1. The summed E-state index contributed by atoms with van der Waals surface area (Å²) in [5, 5.41) is 0. The van der Waals surface area contributed by atoms with E-state index in [4.69, 9.17) is 5.73 Å².